The molecule has 2 aromatic rings. The van der Waals surface area contributed by atoms with Crippen LogP contribution >= 0.6 is 0 Å². The molecule has 1 atom stereocenters. The summed E-state index contributed by atoms with van der Waals surface area (Å²) in [5.41, 5.74) is 2.93. The smallest absolute Gasteiger partial charge is 0.309 e. The molecule has 7 nitrogen and oxygen atoms in total. The van der Waals surface area contributed by atoms with Crippen LogP contribution in [0.1, 0.15) is 17.3 Å². The molecule has 3 N–H and O–H groups in total. The number of pyridine rings is 1. The Balaban J connectivity index is 1.90. The number of nitrogens with one attached hydrogen (secondary N) is 3. The molecule has 0 saturated heterocycles. The van der Waals surface area contributed by atoms with Gasteiger partial charge < -0.3 is 20.4 Å². The van der Waals surface area contributed by atoms with Crippen LogP contribution in [0, 0.1) is 0 Å². The normalized spacial score (nSPS) is 11.7. The minimum absolute atomic E-state index is 0.0498. The highest BCUT2D eigenvalue weighted by Gasteiger charge is 2.21. The van der Waals surface area contributed by atoms with Crippen molar-refractivity contribution in [1.82, 2.24) is 15.6 Å². The fraction of sp³-hybridized carbons (Fsp3) is 0.350. The number of benzene rings is 1. The zero-order chi connectivity index (χ0) is 19.8. The molecule has 1 aromatic heterocycles. The summed E-state index contributed by atoms with van der Waals surface area (Å²) in [6.07, 6.45) is 1.65. The molecule has 0 spiro atoms. The van der Waals surface area contributed by atoms with Crippen molar-refractivity contribution in [2.24, 2.45) is 0 Å². The predicted molar refractivity (Wildman–Crippen MR) is 105 cm³/mol. The summed E-state index contributed by atoms with van der Waals surface area (Å²) in [7, 11) is 8.04. The van der Waals surface area contributed by atoms with Gasteiger partial charge in [0, 0.05) is 31.5 Å². The third-order valence-electron chi connectivity index (χ3n) is 4.34. The number of carbonyl (C=O) groups is 2. The van der Waals surface area contributed by atoms with Crippen LogP contribution < -0.4 is 20.4 Å². The number of quaternary nitrogens is 1. The first-order valence-corrected chi connectivity index (χ1v) is 8.91. The van der Waals surface area contributed by atoms with E-state index >= 15 is 0 Å². The van der Waals surface area contributed by atoms with E-state index in [2.05, 4.69) is 27.8 Å². The molecule has 0 aliphatic carbocycles. The monoisotopic (exact) mass is 370 g/mol. The average Bonchev–Trinajstić information content (AvgIpc) is 2.67. The van der Waals surface area contributed by atoms with Gasteiger partial charge in [0.05, 0.1) is 32.9 Å². The molecule has 0 fully saturated rings. The van der Waals surface area contributed by atoms with Crippen molar-refractivity contribution in [3.8, 4) is 0 Å². The standard InChI is InChI=1S/C20H27N5O2/c1-24(2)17-10-8-15(9-11-17)18(25(3)4)14-23-20(27)19(26)22-13-16-7-5-6-12-21-16/h5-12,18H,13-14H2,1-4H3,(H,22,26)(H,23,27)/p+1/t18-/m0/s1. The average molecular weight is 370 g/mol. The number of rotatable bonds is 7. The van der Waals surface area contributed by atoms with Crippen LogP contribution in [0.2, 0.25) is 0 Å². The van der Waals surface area contributed by atoms with Crippen LogP contribution in [0.4, 0.5) is 5.69 Å². The fourth-order valence-electron chi connectivity index (χ4n) is 2.69. The predicted octanol–water partition coefficient (Wildman–Crippen LogP) is -0.234. The molecule has 0 radical (unpaired) electrons. The second kappa shape index (κ2) is 9.68. The molecule has 1 aromatic carbocycles. The van der Waals surface area contributed by atoms with Gasteiger partial charge in [0.25, 0.3) is 0 Å². The number of aromatic nitrogens is 1. The summed E-state index contributed by atoms with van der Waals surface area (Å²) >= 11 is 0. The molecule has 0 aliphatic rings. The molecule has 7 heteroatoms. The quantitative estimate of drug-likeness (QED) is 0.588. The molecule has 0 aliphatic heterocycles. The number of amides is 2. The maximum absolute atomic E-state index is 12.1. The van der Waals surface area contributed by atoms with Crippen molar-refractivity contribution in [1.29, 1.82) is 0 Å². The Hall–Kier alpha value is -2.93. The Morgan fingerprint density at radius 3 is 2.26 bits per heavy atom. The van der Waals surface area contributed by atoms with Gasteiger partial charge in [-0.25, -0.2) is 0 Å². The molecule has 2 rings (SSSR count). The number of hydrogen-bond acceptors (Lipinski definition) is 4. The van der Waals surface area contributed by atoms with Gasteiger partial charge in [-0.15, -0.1) is 0 Å². The highest BCUT2D eigenvalue weighted by atomic mass is 16.2. The van der Waals surface area contributed by atoms with E-state index < -0.39 is 11.8 Å². The van der Waals surface area contributed by atoms with Crippen LogP contribution in [0.25, 0.3) is 0 Å². The van der Waals surface area contributed by atoms with Crippen molar-refractivity contribution < 1.29 is 14.5 Å². The van der Waals surface area contributed by atoms with Gasteiger partial charge in [-0.1, -0.05) is 18.2 Å². The SMILES string of the molecule is CN(C)c1ccc([C@H](CNC(=O)C(=O)NCc2ccccn2)[NH+](C)C)cc1. The highest BCUT2D eigenvalue weighted by Crippen LogP contribution is 2.16. The molecular formula is C20H28N5O2+. The lowest BCUT2D eigenvalue weighted by atomic mass is 10.1. The van der Waals surface area contributed by atoms with E-state index in [0.717, 1.165) is 11.3 Å². The lowest BCUT2D eigenvalue weighted by Gasteiger charge is -2.23. The summed E-state index contributed by atoms with van der Waals surface area (Å²) < 4.78 is 0. The van der Waals surface area contributed by atoms with Gasteiger partial charge >= 0.3 is 11.8 Å². The second-order valence-corrected chi connectivity index (χ2v) is 6.83. The van der Waals surface area contributed by atoms with Gasteiger partial charge in [-0.3, -0.25) is 14.6 Å². The van der Waals surface area contributed by atoms with Crippen molar-refractivity contribution >= 4 is 17.5 Å². The van der Waals surface area contributed by atoms with Gasteiger partial charge in [0.1, 0.15) is 6.04 Å². The zero-order valence-electron chi connectivity index (χ0n) is 16.3. The molecule has 1 heterocycles. The van der Waals surface area contributed by atoms with Crippen LogP contribution in [0.5, 0.6) is 0 Å². The molecule has 2 amide bonds. The second-order valence-electron chi connectivity index (χ2n) is 6.83. The summed E-state index contributed by atoms with van der Waals surface area (Å²) in [5.74, 6) is -1.29. The zero-order valence-corrected chi connectivity index (χ0v) is 16.3. The maximum Gasteiger partial charge on any atom is 0.309 e. The van der Waals surface area contributed by atoms with Gasteiger partial charge in [-0.05, 0) is 24.3 Å². The van der Waals surface area contributed by atoms with E-state index in [9.17, 15) is 9.59 Å². The third-order valence-corrected chi connectivity index (χ3v) is 4.34. The Kier molecular flexibility index (Phi) is 7.31. The lowest BCUT2D eigenvalue weighted by Crippen LogP contribution is -3.07. The highest BCUT2D eigenvalue weighted by molar-refractivity contribution is 6.35. The Bertz CT molecular complexity index is 745. The number of likely N-dealkylation sites (N-methyl/N-ethyl adjacent to an activating group) is 1. The number of hydrogen-bond donors (Lipinski definition) is 3. The van der Waals surface area contributed by atoms with Crippen molar-refractivity contribution in [3.05, 3.63) is 59.9 Å². The molecule has 0 unspecified atom stereocenters. The Labute approximate surface area is 160 Å². The molecular weight excluding hydrogens is 342 g/mol. The number of carbonyl (C=O) groups excluding carboxylic acids is 2. The van der Waals surface area contributed by atoms with Crippen LogP contribution in [0.15, 0.2) is 48.7 Å². The van der Waals surface area contributed by atoms with E-state index in [1.54, 1.807) is 18.3 Å². The van der Waals surface area contributed by atoms with E-state index in [4.69, 9.17) is 0 Å². The Morgan fingerprint density at radius 2 is 1.70 bits per heavy atom. The van der Waals surface area contributed by atoms with E-state index in [1.165, 1.54) is 4.90 Å². The van der Waals surface area contributed by atoms with E-state index in [1.807, 2.05) is 51.3 Å². The molecule has 0 bridgehead atoms. The summed E-state index contributed by atoms with van der Waals surface area (Å²) in [6, 6.07) is 13.7. The summed E-state index contributed by atoms with van der Waals surface area (Å²) in [4.78, 5) is 31.4. The van der Waals surface area contributed by atoms with Crippen molar-refractivity contribution in [2.45, 2.75) is 12.6 Å². The minimum Gasteiger partial charge on any atom is -0.378 e. The van der Waals surface area contributed by atoms with Crippen LogP contribution in [0.3, 0.4) is 0 Å². The first-order chi connectivity index (χ1) is 12.9. The largest absolute Gasteiger partial charge is 0.378 e. The minimum atomic E-state index is -0.656. The third kappa shape index (κ3) is 6.07. The van der Waals surface area contributed by atoms with E-state index in [0.29, 0.717) is 12.2 Å². The first kappa shape index (κ1) is 20.4. The van der Waals surface area contributed by atoms with Gasteiger partial charge in [-0.2, -0.15) is 0 Å². The molecule has 0 saturated carbocycles. The fourth-order valence-corrected chi connectivity index (χ4v) is 2.69. The number of nitrogens with zero attached hydrogens (tertiary/aromatic N) is 2. The molecule has 27 heavy (non-hydrogen) atoms. The van der Waals surface area contributed by atoms with Crippen LogP contribution in [-0.2, 0) is 16.1 Å². The van der Waals surface area contributed by atoms with Crippen LogP contribution in [-0.4, -0.2) is 51.5 Å². The van der Waals surface area contributed by atoms with Gasteiger partial charge in [0.2, 0.25) is 0 Å². The summed E-state index contributed by atoms with van der Waals surface area (Å²) in [6.45, 7) is 0.598. The van der Waals surface area contributed by atoms with E-state index in [-0.39, 0.29) is 12.6 Å². The maximum atomic E-state index is 12.1. The van der Waals surface area contributed by atoms with Gasteiger partial charge in [0.15, 0.2) is 0 Å². The summed E-state index contributed by atoms with van der Waals surface area (Å²) in [5, 5.41) is 5.32. The first-order valence-electron chi connectivity index (χ1n) is 8.91. The Morgan fingerprint density at radius 1 is 1.04 bits per heavy atom. The molecule has 144 valence electrons. The topological polar surface area (TPSA) is 78.8 Å². The van der Waals surface area contributed by atoms with Crippen molar-refractivity contribution in [2.75, 3.05) is 39.6 Å². The lowest BCUT2D eigenvalue weighted by molar-refractivity contribution is -0.890. The number of anilines is 1. The van der Waals surface area contributed by atoms with Crippen molar-refractivity contribution in [3.63, 3.8) is 0 Å².